The normalized spacial score (nSPS) is 18.0. The molecule has 1 N–H and O–H groups in total. The number of ether oxygens (including phenoxy) is 1. The number of likely N-dealkylation sites (tertiary alicyclic amines) is 1. The Hall–Kier alpha value is -4.89. The number of nitrogens with zero attached hydrogens (tertiary/aromatic N) is 2. The molecule has 4 aromatic carbocycles. The second-order valence-corrected chi connectivity index (χ2v) is 21.1. The molecule has 2 saturated heterocycles. The van der Waals surface area contributed by atoms with E-state index in [0.717, 1.165) is 21.5 Å². The maximum atomic E-state index is 14.9. The van der Waals surface area contributed by atoms with Gasteiger partial charge < -0.3 is 24.0 Å². The molecule has 2 heterocycles. The van der Waals surface area contributed by atoms with Gasteiger partial charge in [-0.25, -0.2) is 9.59 Å². The predicted molar refractivity (Wildman–Crippen MR) is 221 cm³/mol. The standard InChI is InChI=1S/C43H48N3O6PS/c1-6-28-51-42(49)41(53(34-16-10-7-11-17-34,35-18-12-8-13-19-35)36-20-14-9-15-21-36)46-37(39(40(46)48)31(2)52-54(3,4)5)29-38(47)33-24-22-32(23-25-33)30-45-27-26-44-43(45)50/h6-25,31,37,39H,1,26-30H2,2-5H3,(H,44,50). The fraction of sp³-hybridized carbons (Fsp3) is 0.279. The van der Waals surface area contributed by atoms with Crippen molar-refractivity contribution in [3.63, 3.8) is 0 Å². The molecule has 2 aliphatic rings. The fourth-order valence-electron chi connectivity index (χ4n) is 7.43. The Morgan fingerprint density at radius 1 is 0.870 bits per heavy atom. The highest BCUT2D eigenvalue weighted by atomic mass is 32.3. The lowest BCUT2D eigenvalue weighted by Gasteiger charge is -2.52. The molecule has 9 nitrogen and oxygen atoms in total. The zero-order chi connectivity index (χ0) is 38.5. The van der Waals surface area contributed by atoms with Gasteiger partial charge in [-0.15, -0.1) is 10.3 Å². The van der Waals surface area contributed by atoms with Gasteiger partial charge in [0.2, 0.25) is 5.91 Å². The van der Waals surface area contributed by atoms with E-state index in [4.69, 9.17) is 8.92 Å². The minimum absolute atomic E-state index is 0.0476. The molecule has 2 aliphatic heterocycles. The third-order valence-electron chi connectivity index (χ3n) is 9.70. The number of rotatable bonds is 15. The molecule has 2 fully saturated rings. The van der Waals surface area contributed by atoms with Crippen molar-refractivity contribution in [2.75, 3.05) is 38.5 Å². The Bertz CT molecular complexity index is 1950. The van der Waals surface area contributed by atoms with Crippen LogP contribution >= 0.6 is 17.2 Å². The molecule has 282 valence electrons. The molecule has 4 aromatic rings. The van der Waals surface area contributed by atoms with E-state index in [1.165, 1.54) is 6.08 Å². The maximum Gasteiger partial charge on any atom is 0.356 e. The summed E-state index contributed by atoms with van der Waals surface area (Å²) in [5.74, 6) is -1.81. The highest BCUT2D eigenvalue weighted by Crippen LogP contribution is 2.51. The summed E-state index contributed by atoms with van der Waals surface area (Å²) >= 11 is 0. The Kier molecular flexibility index (Phi) is 12.0. The molecular formula is C43H48N3O6PS. The number of ketones is 1. The van der Waals surface area contributed by atoms with Crippen LogP contribution in [0.1, 0.15) is 29.3 Å². The van der Waals surface area contributed by atoms with E-state index in [1.807, 2.05) is 129 Å². The van der Waals surface area contributed by atoms with Gasteiger partial charge in [0, 0.05) is 38.5 Å². The van der Waals surface area contributed by atoms with E-state index in [0.29, 0.717) is 25.2 Å². The molecule has 0 spiro atoms. The summed E-state index contributed by atoms with van der Waals surface area (Å²) in [6, 6.07) is 35.8. The van der Waals surface area contributed by atoms with Crippen molar-refractivity contribution in [3.8, 4) is 0 Å². The van der Waals surface area contributed by atoms with Crippen LogP contribution in [0.25, 0.3) is 0 Å². The summed E-state index contributed by atoms with van der Waals surface area (Å²) in [5, 5.41) is 5.40. The second kappa shape index (κ2) is 16.6. The van der Waals surface area contributed by atoms with Gasteiger partial charge in [0.25, 0.3) is 0 Å². The van der Waals surface area contributed by atoms with Gasteiger partial charge in [-0.3, -0.25) is 9.59 Å². The number of carbonyl (C=O) groups excluding carboxylic acids is 4. The van der Waals surface area contributed by atoms with Crippen molar-refractivity contribution in [2.45, 2.75) is 32.0 Å². The number of β-lactam (4-membered cyclic amide) rings is 1. The molecule has 0 radical (unpaired) electrons. The van der Waals surface area contributed by atoms with Crippen LogP contribution in [0.5, 0.6) is 0 Å². The molecule has 3 amide bonds. The van der Waals surface area contributed by atoms with Gasteiger partial charge in [0.15, 0.2) is 5.78 Å². The predicted octanol–water partition coefficient (Wildman–Crippen LogP) is 5.48. The number of hydrogen-bond acceptors (Lipinski definition) is 6. The van der Waals surface area contributed by atoms with E-state index < -0.39 is 41.2 Å². The van der Waals surface area contributed by atoms with E-state index in [-0.39, 0.29) is 36.2 Å². The van der Waals surface area contributed by atoms with Gasteiger partial charge in [-0.05, 0) is 47.2 Å². The van der Waals surface area contributed by atoms with Crippen molar-refractivity contribution in [1.82, 2.24) is 15.1 Å². The minimum Gasteiger partial charge on any atom is -0.457 e. The topological polar surface area (TPSA) is 105 Å². The Labute approximate surface area is 319 Å². The first-order valence-corrected chi connectivity index (χ1v) is 22.6. The first kappa shape index (κ1) is 38.8. The molecule has 0 bridgehead atoms. The highest BCUT2D eigenvalue weighted by Gasteiger charge is 2.56. The highest BCUT2D eigenvalue weighted by molar-refractivity contribution is 8.28. The summed E-state index contributed by atoms with van der Waals surface area (Å²) in [5.41, 5.74) is 1.59. The van der Waals surface area contributed by atoms with E-state index in [2.05, 4.69) is 11.9 Å². The van der Waals surface area contributed by atoms with Gasteiger partial charge in [0.1, 0.15) is 12.0 Å². The third kappa shape index (κ3) is 7.97. The van der Waals surface area contributed by atoms with Crippen LogP contribution in [-0.4, -0.2) is 89.5 Å². The summed E-state index contributed by atoms with van der Waals surface area (Å²) in [6.45, 7) is 4.09. The molecular weight excluding hydrogens is 718 g/mol. The quantitative estimate of drug-likeness (QED) is 0.0566. The molecule has 0 saturated carbocycles. The number of urea groups is 1. The number of benzene rings is 4. The molecule has 54 heavy (non-hydrogen) atoms. The lowest BCUT2D eigenvalue weighted by molar-refractivity contribution is -0.155. The lowest BCUT2D eigenvalue weighted by Crippen LogP contribution is -2.68. The smallest absolute Gasteiger partial charge is 0.356 e. The van der Waals surface area contributed by atoms with Crippen LogP contribution in [0.4, 0.5) is 4.79 Å². The van der Waals surface area contributed by atoms with Gasteiger partial charge >= 0.3 is 12.0 Å². The van der Waals surface area contributed by atoms with Crippen LogP contribution in [-0.2, 0) is 25.1 Å². The van der Waals surface area contributed by atoms with E-state index in [1.54, 1.807) is 21.9 Å². The van der Waals surface area contributed by atoms with Gasteiger partial charge in [-0.1, -0.05) is 128 Å². The Morgan fingerprint density at radius 2 is 1.41 bits per heavy atom. The van der Waals surface area contributed by atoms with E-state index >= 15 is 0 Å². The van der Waals surface area contributed by atoms with Crippen LogP contribution in [0, 0.1) is 5.92 Å². The SMILES string of the molecule is C=CCOC(=O)C(N1C(=O)C(C(C)OS(C)(C)C)C1CC(=O)c1ccc(CN2CCNC2=O)cc1)=P(c1ccccc1)(c1ccccc1)c1ccccc1. The second-order valence-electron chi connectivity index (χ2n) is 14.2. The van der Waals surface area contributed by atoms with Crippen molar-refractivity contribution in [1.29, 1.82) is 0 Å². The fourth-order valence-corrected chi connectivity index (χ4v) is 12.9. The number of esters is 1. The molecule has 3 atom stereocenters. The first-order valence-electron chi connectivity index (χ1n) is 18.0. The van der Waals surface area contributed by atoms with Crippen LogP contribution in [0.2, 0.25) is 0 Å². The first-order chi connectivity index (χ1) is 26.0. The minimum atomic E-state index is -3.17. The van der Waals surface area contributed by atoms with Crippen molar-refractivity contribution >= 4 is 62.2 Å². The summed E-state index contributed by atoms with van der Waals surface area (Å²) in [6.07, 6.45) is 6.97. The molecule has 0 aliphatic carbocycles. The summed E-state index contributed by atoms with van der Waals surface area (Å²) in [7, 11) is -1.50. The van der Waals surface area contributed by atoms with Gasteiger partial charge in [0.05, 0.1) is 18.1 Å². The van der Waals surface area contributed by atoms with Crippen LogP contribution in [0.3, 0.4) is 0 Å². The Balaban J connectivity index is 1.54. The number of amides is 3. The zero-order valence-corrected chi connectivity index (χ0v) is 32.9. The molecule has 0 aromatic heterocycles. The van der Waals surface area contributed by atoms with Crippen molar-refractivity contribution < 1.29 is 28.1 Å². The van der Waals surface area contributed by atoms with E-state index in [9.17, 15) is 19.2 Å². The maximum absolute atomic E-state index is 14.9. The number of nitrogens with one attached hydrogen (secondary N) is 1. The average Bonchev–Trinajstić information content (AvgIpc) is 3.57. The Morgan fingerprint density at radius 3 is 1.87 bits per heavy atom. The monoisotopic (exact) mass is 765 g/mol. The zero-order valence-electron chi connectivity index (χ0n) is 31.2. The van der Waals surface area contributed by atoms with Crippen molar-refractivity contribution in [3.05, 3.63) is 139 Å². The van der Waals surface area contributed by atoms with Crippen LogP contribution < -0.4 is 21.2 Å². The molecule has 3 unspecified atom stereocenters. The lowest BCUT2D eigenvalue weighted by atomic mass is 9.79. The summed E-state index contributed by atoms with van der Waals surface area (Å²) in [4.78, 5) is 59.5. The number of hydrogen-bond donors (Lipinski definition) is 1. The third-order valence-corrected chi connectivity index (χ3v) is 14.8. The van der Waals surface area contributed by atoms with Gasteiger partial charge in [-0.2, -0.15) is 0 Å². The number of carbonyl (C=O) groups is 4. The average molecular weight is 766 g/mol. The molecule has 11 heteroatoms. The van der Waals surface area contributed by atoms with Crippen molar-refractivity contribution in [2.24, 2.45) is 5.92 Å². The largest absolute Gasteiger partial charge is 0.457 e. The number of Topliss-reactive ketones (excluding diaryl/α,β-unsaturated/α-hetero) is 1. The van der Waals surface area contributed by atoms with Crippen LogP contribution in [0.15, 0.2) is 128 Å². The molecule has 6 rings (SSSR count). The summed E-state index contributed by atoms with van der Waals surface area (Å²) < 4.78 is 12.4.